The molecule has 0 spiro atoms. The number of benzene rings is 2. The second-order valence-corrected chi connectivity index (χ2v) is 8.03. The van der Waals surface area contributed by atoms with Gasteiger partial charge < -0.3 is 16.4 Å². The first-order chi connectivity index (χ1) is 15.5. The zero-order valence-corrected chi connectivity index (χ0v) is 17.8. The number of amides is 3. The third-order valence-electron chi connectivity index (χ3n) is 4.83. The molecule has 160 valence electrons. The van der Waals surface area contributed by atoms with E-state index in [1.165, 1.54) is 0 Å². The summed E-state index contributed by atoms with van der Waals surface area (Å²) in [7, 11) is 0. The van der Waals surface area contributed by atoms with Gasteiger partial charge in [0.1, 0.15) is 0 Å². The van der Waals surface area contributed by atoms with E-state index in [1.54, 1.807) is 35.6 Å². The van der Waals surface area contributed by atoms with E-state index in [-0.39, 0.29) is 18.4 Å². The molecule has 0 atom stereocenters. The molecule has 0 saturated heterocycles. The average Bonchev–Trinajstić information content (AvgIpc) is 3.35. The minimum atomic E-state index is -0.608. The number of hydrogen-bond acceptors (Lipinski definition) is 5. The first-order valence-electron chi connectivity index (χ1n) is 9.88. The lowest BCUT2D eigenvalue weighted by Gasteiger charge is -2.10. The molecule has 0 fully saturated rings. The molecule has 0 aliphatic rings. The molecule has 0 saturated carbocycles. The third kappa shape index (κ3) is 4.81. The van der Waals surface area contributed by atoms with Gasteiger partial charge >= 0.3 is 0 Å². The molecular formula is C24H20N4O3S. The van der Waals surface area contributed by atoms with Crippen LogP contribution in [0.5, 0.6) is 0 Å². The van der Waals surface area contributed by atoms with E-state index >= 15 is 0 Å². The van der Waals surface area contributed by atoms with Gasteiger partial charge in [-0.3, -0.25) is 14.4 Å². The fraction of sp³-hybridized carbons (Fsp3) is 0.0833. The molecular weight excluding hydrogens is 424 g/mol. The molecule has 32 heavy (non-hydrogen) atoms. The Labute approximate surface area is 188 Å². The molecule has 2 aromatic heterocycles. The number of fused-ring (bicyclic) bond motifs is 1. The van der Waals surface area contributed by atoms with Crippen LogP contribution in [-0.2, 0) is 11.3 Å². The number of primary amides is 1. The van der Waals surface area contributed by atoms with Crippen molar-refractivity contribution in [2.24, 2.45) is 5.73 Å². The van der Waals surface area contributed by atoms with Crippen LogP contribution in [0.1, 0.15) is 26.3 Å². The summed E-state index contributed by atoms with van der Waals surface area (Å²) in [6.07, 6.45) is 0. The summed E-state index contributed by atoms with van der Waals surface area (Å²) in [6, 6.07) is 20.1. The minimum Gasteiger partial charge on any atom is -0.368 e. The zero-order chi connectivity index (χ0) is 22.5. The smallest absolute Gasteiger partial charge is 0.252 e. The molecule has 8 heteroatoms. The second-order valence-electron chi connectivity index (χ2n) is 7.08. The monoisotopic (exact) mass is 444 g/mol. The molecule has 0 aliphatic heterocycles. The standard InChI is InChI=1S/C24H20N4O3S/c25-22(29)14-27-23(30)16-9-7-15(8-10-16)13-26-24(31)18-12-20(21-6-3-11-32-21)28-19-5-2-1-4-17(18)19/h1-12H,13-14H2,(H2,25,29)(H,26,31)(H,27,30). The lowest BCUT2D eigenvalue weighted by atomic mass is 10.1. The molecule has 2 aromatic carbocycles. The van der Waals surface area contributed by atoms with E-state index in [9.17, 15) is 14.4 Å². The molecule has 2 heterocycles. The highest BCUT2D eigenvalue weighted by Crippen LogP contribution is 2.27. The fourth-order valence-corrected chi connectivity index (χ4v) is 3.92. The number of nitrogens with one attached hydrogen (secondary N) is 2. The summed E-state index contributed by atoms with van der Waals surface area (Å²) in [4.78, 5) is 41.5. The highest BCUT2D eigenvalue weighted by molar-refractivity contribution is 7.13. The van der Waals surface area contributed by atoms with Gasteiger partial charge in [-0.15, -0.1) is 11.3 Å². The summed E-state index contributed by atoms with van der Waals surface area (Å²) >= 11 is 1.57. The van der Waals surface area contributed by atoms with E-state index in [4.69, 9.17) is 10.7 Å². The van der Waals surface area contributed by atoms with Gasteiger partial charge in [0.25, 0.3) is 11.8 Å². The molecule has 4 N–H and O–H groups in total. The van der Waals surface area contributed by atoms with Gasteiger partial charge in [0.2, 0.25) is 5.91 Å². The summed E-state index contributed by atoms with van der Waals surface area (Å²) < 4.78 is 0. The van der Waals surface area contributed by atoms with Crippen LogP contribution in [0, 0.1) is 0 Å². The SMILES string of the molecule is NC(=O)CNC(=O)c1ccc(CNC(=O)c2cc(-c3cccs3)nc3ccccc23)cc1. The van der Waals surface area contributed by atoms with Crippen molar-refractivity contribution in [2.45, 2.75) is 6.54 Å². The highest BCUT2D eigenvalue weighted by atomic mass is 32.1. The van der Waals surface area contributed by atoms with Crippen LogP contribution in [0.25, 0.3) is 21.5 Å². The quantitative estimate of drug-likeness (QED) is 0.406. The van der Waals surface area contributed by atoms with Gasteiger partial charge in [-0.2, -0.15) is 0 Å². The molecule has 4 rings (SSSR count). The first kappa shape index (κ1) is 21.2. The topological polar surface area (TPSA) is 114 Å². The van der Waals surface area contributed by atoms with Crippen molar-refractivity contribution in [3.8, 4) is 10.6 Å². The van der Waals surface area contributed by atoms with Gasteiger partial charge in [-0.05, 0) is 41.3 Å². The van der Waals surface area contributed by atoms with Crippen molar-refractivity contribution < 1.29 is 14.4 Å². The van der Waals surface area contributed by atoms with Crippen LogP contribution in [0.3, 0.4) is 0 Å². The van der Waals surface area contributed by atoms with Gasteiger partial charge in [-0.1, -0.05) is 36.4 Å². The molecule has 7 nitrogen and oxygen atoms in total. The molecule has 0 unspecified atom stereocenters. The summed E-state index contributed by atoms with van der Waals surface area (Å²) in [6.45, 7) is 0.0804. The maximum Gasteiger partial charge on any atom is 0.252 e. The Balaban J connectivity index is 1.50. The van der Waals surface area contributed by atoms with Gasteiger partial charge in [0.15, 0.2) is 0 Å². The average molecular weight is 445 g/mol. The Bertz CT molecular complexity index is 1280. The van der Waals surface area contributed by atoms with Crippen LogP contribution in [-0.4, -0.2) is 29.3 Å². The van der Waals surface area contributed by atoms with Gasteiger partial charge in [-0.25, -0.2) is 4.98 Å². The predicted molar refractivity (Wildman–Crippen MR) is 124 cm³/mol. The Hall–Kier alpha value is -4.04. The normalized spacial score (nSPS) is 10.6. The van der Waals surface area contributed by atoms with Crippen LogP contribution >= 0.6 is 11.3 Å². The van der Waals surface area contributed by atoms with Crippen molar-refractivity contribution in [3.63, 3.8) is 0 Å². The number of para-hydroxylation sites is 1. The van der Waals surface area contributed by atoms with E-state index < -0.39 is 5.91 Å². The number of aromatic nitrogens is 1. The van der Waals surface area contributed by atoms with Gasteiger partial charge in [0.05, 0.1) is 28.2 Å². The van der Waals surface area contributed by atoms with E-state index in [1.807, 2.05) is 47.8 Å². The molecule has 0 radical (unpaired) electrons. The van der Waals surface area contributed by atoms with E-state index in [2.05, 4.69) is 10.6 Å². The van der Waals surface area contributed by atoms with Crippen LogP contribution in [0.15, 0.2) is 72.1 Å². The Morgan fingerprint density at radius 3 is 2.41 bits per heavy atom. The number of carbonyl (C=O) groups excluding carboxylic acids is 3. The Morgan fingerprint density at radius 2 is 1.69 bits per heavy atom. The van der Waals surface area contributed by atoms with Crippen molar-refractivity contribution >= 4 is 40.0 Å². The number of carbonyl (C=O) groups is 3. The number of nitrogens with two attached hydrogens (primary N) is 1. The molecule has 3 amide bonds. The number of pyridine rings is 1. The van der Waals surface area contributed by atoms with E-state index in [0.29, 0.717) is 17.7 Å². The number of thiophene rings is 1. The number of nitrogens with zero attached hydrogens (tertiary/aromatic N) is 1. The fourth-order valence-electron chi connectivity index (χ4n) is 3.23. The van der Waals surface area contributed by atoms with Crippen molar-refractivity contribution in [3.05, 3.63) is 88.8 Å². The van der Waals surface area contributed by atoms with Crippen molar-refractivity contribution in [2.75, 3.05) is 6.54 Å². The summed E-state index contributed by atoms with van der Waals surface area (Å²) in [5.41, 5.74) is 8.35. The number of rotatable bonds is 7. The Kier molecular flexibility index (Phi) is 6.23. The highest BCUT2D eigenvalue weighted by Gasteiger charge is 2.14. The van der Waals surface area contributed by atoms with Crippen molar-refractivity contribution in [1.82, 2.24) is 15.6 Å². The molecule has 4 aromatic rings. The predicted octanol–water partition coefficient (Wildman–Crippen LogP) is 3.11. The zero-order valence-electron chi connectivity index (χ0n) is 17.0. The summed E-state index contributed by atoms with van der Waals surface area (Å²) in [5.74, 6) is -1.20. The van der Waals surface area contributed by atoms with Crippen LogP contribution in [0.2, 0.25) is 0 Å². The lowest BCUT2D eigenvalue weighted by molar-refractivity contribution is -0.117. The Morgan fingerprint density at radius 1 is 0.906 bits per heavy atom. The van der Waals surface area contributed by atoms with E-state index in [0.717, 1.165) is 27.0 Å². The third-order valence-corrected chi connectivity index (χ3v) is 5.72. The largest absolute Gasteiger partial charge is 0.368 e. The number of hydrogen-bond donors (Lipinski definition) is 3. The first-order valence-corrected chi connectivity index (χ1v) is 10.8. The van der Waals surface area contributed by atoms with Crippen molar-refractivity contribution in [1.29, 1.82) is 0 Å². The second kappa shape index (κ2) is 9.40. The summed E-state index contributed by atoms with van der Waals surface area (Å²) in [5, 5.41) is 8.14. The lowest BCUT2D eigenvalue weighted by Crippen LogP contribution is -2.33. The van der Waals surface area contributed by atoms with Crippen LogP contribution < -0.4 is 16.4 Å². The maximum absolute atomic E-state index is 13.0. The van der Waals surface area contributed by atoms with Gasteiger partial charge in [0, 0.05) is 17.5 Å². The minimum absolute atomic E-state index is 0.204. The molecule has 0 aliphatic carbocycles. The molecule has 0 bridgehead atoms. The maximum atomic E-state index is 13.0. The van der Waals surface area contributed by atoms with Crippen LogP contribution in [0.4, 0.5) is 0 Å².